The Kier molecular flexibility index (Phi) is 3.31. The van der Waals surface area contributed by atoms with Crippen molar-refractivity contribution in [2.24, 2.45) is 5.73 Å². The number of carbonyl (C=O) groups is 1. The summed E-state index contributed by atoms with van der Waals surface area (Å²) in [7, 11) is 1.34. The molecule has 0 radical (unpaired) electrons. The summed E-state index contributed by atoms with van der Waals surface area (Å²) in [5, 5.41) is 1.28. The van der Waals surface area contributed by atoms with Crippen molar-refractivity contribution in [2.45, 2.75) is 6.54 Å². The Hall–Kier alpha value is -1.59. The third-order valence-electron chi connectivity index (χ3n) is 2.49. The minimum Gasteiger partial charge on any atom is -0.464 e. The predicted octanol–water partition coefficient (Wildman–Crippen LogP) is 1.43. The number of esters is 1. The Morgan fingerprint density at radius 2 is 2.41 bits per heavy atom. The van der Waals surface area contributed by atoms with E-state index in [1.165, 1.54) is 7.11 Å². The maximum Gasteiger partial charge on any atom is 0.354 e. The Labute approximate surface area is 103 Å². The van der Waals surface area contributed by atoms with E-state index < -0.39 is 5.97 Å². The molecule has 90 valence electrons. The van der Waals surface area contributed by atoms with Gasteiger partial charge in [0.05, 0.1) is 12.1 Å². The van der Waals surface area contributed by atoms with E-state index in [2.05, 4.69) is 4.98 Å². The number of nitrogens with two attached hydrogens (primary N) is 1. The molecule has 2 rings (SSSR count). The lowest BCUT2D eigenvalue weighted by Crippen LogP contribution is -2.16. The van der Waals surface area contributed by atoms with Crippen LogP contribution in [0.3, 0.4) is 0 Å². The molecule has 2 heterocycles. The van der Waals surface area contributed by atoms with E-state index in [1.807, 2.05) is 0 Å². The number of halogens is 1. The molecule has 0 aromatic carbocycles. The second-order valence-electron chi connectivity index (χ2n) is 3.49. The van der Waals surface area contributed by atoms with Gasteiger partial charge >= 0.3 is 5.97 Å². The van der Waals surface area contributed by atoms with Gasteiger partial charge in [-0.15, -0.1) is 0 Å². The van der Waals surface area contributed by atoms with Crippen LogP contribution >= 0.6 is 11.6 Å². The number of hydrogen-bond donors (Lipinski definition) is 1. The van der Waals surface area contributed by atoms with Gasteiger partial charge in [-0.05, 0) is 12.1 Å². The van der Waals surface area contributed by atoms with Crippen LogP contribution in [0.5, 0.6) is 0 Å². The number of carbonyl (C=O) groups excluding carboxylic acids is 1. The van der Waals surface area contributed by atoms with Crippen molar-refractivity contribution >= 4 is 28.6 Å². The fourth-order valence-electron chi connectivity index (χ4n) is 1.75. The number of pyridine rings is 1. The number of rotatable bonds is 3. The monoisotopic (exact) mass is 253 g/mol. The van der Waals surface area contributed by atoms with Crippen LogP contribution in [-0.2, 0) is 11.3 Å². The van der Waals surface area contributed by atoms with Gasteiger partial charge in [0.25, 0.3) is 0 Å². The van der Waals surface area contributed by atoms with Gasteiger partial charge in [-0.25, -0.2) is 9.78 Å². The second kappa shape index (κ2) is 4.73. The highest BCUT2D eigenvalue weighted by Gasteiger charge is 2.17. The quantitative estimate of drug-likeness (QED) is 0.841. The minimum atomic E-state index is -0.424. The fourth-order valence-corrected chi connectivity index (χ4v) is 1.94. The van der Waals surface area contributed by atoms with Crippen LogP contribution in [0, 0.1) is 0 Å². The van der Waals surface area contributed by atoms with Gasteiger partial charge < -0.3 is 15.0 Å². The Balaban J connectivity index is 2.70. The first-order valence-corrected chi connectivity index (χ1v) is 5.49. The minimum absolute atomic E-state index is 0.405. The number of methoxy groups -OCH3 is 1. The average molecular weight is 254 g/mol. The predicted molar refractivity (Wildman–Crippen MR) is 65.1 cm³/mol. The molecule has 6 heteroatoms. The maximum absolute atomic E-state index is 11.6. The molecule has 0 atom stereocenters. The molecule has 2 aromatic rings. The van der Waals surface area contributed by atoms with E-state index in [-0.39, 0.29) is 0 Å². The normalized spacial score (nSPS) is 10.8. The highest BCUT2D eigenvalue weighted by molar-refractivity contribution is 6.35. The van der Waals surface area contributed by atoms with Gasteiger partial charge in [-0.3, -0.25) is 0 Å². The molecule has 0 saturated carbocycles. The van der Waals surface area contributed by atoms with Gasteiger partial charge in [0.2, 0.25) is 0 Å². The molecule has 0 unspecified atom stereocenters. The van der Waals surface area contributed by atoms with Crippen LogP contribution in [0.4, 0.5) is 0 Å². The van der Waals surface area contributed by atoms with Crippen LogP contribution in [0.15, 0.2) is 18.3 Å². The van der Waals surface area contributed by atoms with E-state index in [4.69, 9.17) is 22.1 Å². The summed E-state index contributed by atoms with van der Waals surface area (Å²) in [4.78, 5) is 15.8. The topological polar surface area (TPSA) is 70.1 Å². The lowest BCUT2D eigenvalue weighted by Gasteiger charge is -2.06. The molecule has 0 bridgehead atoms. The lowest BCUT2D eigenvalue weighted by atomic mass is 10.3. The Morgan fingerprint density at radius 3 is 3.06 bits per heavy atom. The van der Waals surface area contributed by atoms with Gasteiger partial charge in [-0.1, -0.05) is 11.6 Å². The molecule has 0 fully saturated rings. The number of aromatic nitrogens is 2. The van der Waals surface area contributed by atoms with E-state index >= 15 is 0 Å². The summed E-state index contributed by atoms with van der Waals surface area (Å²) < 4.78 is 6.44. The summed E-state index contributed by atoms with van der Waals surface area (Å²) >= 11 is 6.05. The summed E-state index contributed by atoms with van der Waals surface area (Å²) in [6.07, 6.45) is 1.60. The van der Waals surface area contributed by atoms with Crippen molar-refractivity contribution in [1.82, 2.24) is 9.55 Å². The molecule has 0 amide bonds. The molecular weight excluding hydrogens is 242 g/mol. The highest BCUT2D eigenvalue weighted by Crippen LogP contribution is 2.25. The maximum atomic E-state index is 11.6. The fraction of sp³-hybridized carbons (Fsp3) is 0.273. The van der Waals surface area contributed by atoms with Crippen LogP contribution in [-0.4, -0.2) is 29.2 Å². The number of fused-ring (bicyclic) bond motifs is 1. The summed E-state index contributed by atoms with van der Waals surface area (Å²) in [6, 6.07) is 3.35. The molecule has 0 aliphatic rings. The highest BCUT2D eigenvalue weighted by atomic mass is 35.5. The van der Waals surface area contributed by atoms with E-state index in [9.17, 15) is 4.79 Å². The van der Waals surface area contributed by atoms with Crippen LogP contribution in [0.2, 0.25) is 5.02 Å². The van der Waals surface area contributed by atoms with Gasteiger partial charge in [-0.2, -0.15) is 0 Å². The number of hydrogen-bond acceptors (Lipinski definition) is 4. The van der Waals surface area contributed by atoms with Crippen molar-refractivity contribution in [1.29, 1.82) is 0 Å². The first kappa shape index (κ1) is 11.9. The smallest absolute Gasteiger partial charge is 0.354 e. The molecule has 17 heavy (non-hydrogen) atoms. The molecule has 5 nitrogen and oxygen atoms in total. The van der Waals surface area contributed by atoms with Crippen LogP contribution in [0.1, 0.15) is 10.5 Å². The van der Waals surface area contributed by atoms with E-state index in [0.29, 0.717) is 29.5 Å². The van der Waals surface area contributed by atoms with Gasteiger partial charge in [0.1, 0.15) is 11.3 Å². The zero-order valence-corrected chi connectivity index (χ0v) is 10.1. The van der Waals surface area contributed by atoms with Crippen molar-refractivity contribution in [3.8, 4) is 0 Å². The molecule has 0 aliphatic heterocycles. The standard InChI is InChI=1S/C11H12ClN3O2/c1-17-11(16)9-6-7-8(12)2-4-14-10(7)15(9)5-3-13/h2,4,6H,3,5,13H2,1H3. The first-order chi connectivity index (χ1) is 8.19. The molecular formula is C11H12ClN3O2. The number of ether oxygens (including phenoxy) is 1. The molecule has 0 aliphatic carbocycles. The summed E-state index contributed by atoms with van der Waals surface area (Å²) in [5.41, 5.74) is 6.58. The molecule has 0 spiro atoms. The van der Waals surface area contributed by atoms with Gasteiger partial charge in [0.15, 0.2) is 0 Å². The van der Waals surface area contributed by atoms with Crippen molar-refractivity contribution < 1.29 is 9.53 Å². The zero-order chi connectivity index (χ0) is 12.4. The third-order valence-corrected chi connectivity index (χ3v) is 2.82. The average Bonchev–Trinajstić information content (AvgIpc) is 2.70. The largest absolute Gasteiger partial charge is 0.464 e. The molecule has 2 aromatic heterocycles. The molecule has 0 saturated heterocycles. The van der Waals surface area contributed by atoms with E-state index in [0.717, 1.165) is 5.39 Å². The van der Waals surface area contributed by atoms with Crippen molar-refractivity contribution in [3.63, 3.8) is 0 Å². The van der Waals surface area contributed by atoms with Gasteiger partial charge in [0, 0.05) is 24.7 Å². The van der Waals surface area contributed by atoms with Crippen molar-refractivity contribution in [2.75, 3.05) is 13.7 Å². The lowest BCUT2D eigenvalue weighted by molar-refractivity contribution is 0.0589. The van der Waals surface area contributed by atoms with E-state index in [1.54, 1.807) is 22.9 Å². The zero-order valence-electron chi connectivity index (χ0n) is 9.31. The second-order valence-corrected chi connectivity index (χ2v) is 3.90. The summed E-state index contributed by atoms with van der Waals surface area (Å²) in [5.74, 6) is -0.424. The Bertz CT molecular complexity index is 565. The SMILES string of the molecule is COC(=O)c1cc2c(Cl)ccnc2n1CCN. The number of nitrogens with zero attached hydrogens (tertiary/aromatic N) is 2. The molecule has 2 N–H and O–H groups in total. The van der Waals surface area contributed by atoms with Crippen molar-refractivity contribution in [3.05, 3.63) is 29.0 Å². The Morgan fingerprint density at radius 1 is 1.65 bits per heavy atom. The first-order valence-electron chi connectivity index (χ1n) is 5.11. The van der Waals surface area contributed by atoms with Crippen LogP contribution < -0.4 is 5.73 Å². The third kappa shape index (κ3) is 1.99. The summed E-state index contributed by atoms with van der Waals surface area (Å²) in [6.45, 7) is 0.892. The van der Waals surface area contributed by atoms with Crippen LogP contribution in [0.25, 0.3) is 11.0 Å².